The Balaban J connectivity index is 0.00000225. The van der Waals surface area contributed by atoms with Crippen LogP contribution in [0.2, 0.25) is 0 Å². The van der Waals surface area contributed by atoms with Gasteiger partial charge in [-0.15, -0.1) is 35.3 Å². The number of guanidine groups is 1. The molecular formula is C19H27IN4S. The van der Waals surface area contributed by atoms with Gasteiger partial charge in [-0.25, -0.2) is 4.99 Å². The zero-order valence-corrected chi connectivity index (χ0v) is 18.0. The highest BCUT2D eigenvalue weighted by molar-refractivity contribution is 14.0. The largest absolute Gasteiger partial charge is 0.369 e. The Bertz CT molecular complexity index is 655. The van der Waals surface area contributed by atoms with E-state index in [9.17, 15) is 0 Å². The van der Waals surface area contributed by atoms with E-state index in [4.69, 9.17) is 4.99 Å². The van der Waals surface area contributed by atoms with E-state index in [2.05, 4.69) is 71.2 Å². The molecule has 6 heteroatoms. The van der Waals surface area contributed by atoms with Crippen molar-refractivity contribution in [2.45, 2.75) is 32.9 Å². The molecule has 0 spiro atoms. The fourth-order valence-corrected chi connectivity index (χ4v) is 3.57. The second-order valence-corrected chi connectivity index (χ2v) is 7.22. The highest BCUT2D eigenvalue weighted by Crippen LogP contribution is 2.20. The van der Waals surface area contributed by atoms with Gasteiger partial charge in [-0.3, -0.25) is 0 Å². The Morgan fingerprint density at radius 2 is 2.08 bits per heavy atom. The molecule has 1 saturated heterocycles. The van der Waals surface area contributed by atoms with Gasteiger partial charge in [0.05, 0.1) is 6.54 Å². The number of aliphatic imine (C=N–C) groups is 1. The average Bonchev–Trinajstić information content (AvgIpc) is 3.25. The molecule has 3 rings (SSSR count). The van der Waals surface area contributed by atoms with Crippen molar-refractivity contribution in [3.05, 3.63) is 52.2 Å². The Hall–Kier alpha value is -1.28. The number of aryl methyl sites for hydroxylation is 1. The molecule has 0 saturated carbocycles. The molecule has 2 aromatic rings. The first-order chi connectivity index (χ1) is 11.7. The molecule has 1 aliphatic rings. The third-order valence-electron chi connectivity index (χ3n) is 4.25. The van der Waals surface area contributed by atoms with Crippen LogP contribution < -0.4 is 15.5 Å². The minimum Gasteiger partial charge on any atom is -0.369 e. The van der Waals surface area contributed by atoms with E-state index in [-0.39, 0.29) is 24.0 Å². The molecule has 2 N–H and O–H groups in total. The minimum atomic E-state index is 0. The summed E-state index contributed by atoms with van der Waals surface area (Å²) in [6.07, 6.45) is 1.14. The third-order valence-corrected chi connectivity index (χ3v) is 5.11. The van der Waals surface area contributed by atoms with Gasteiger partial charge in [-0.2, -0.15) is 0 Å². The maximum Gasteiger partial charge on any atom is 0.191 e. The van der Waals surface area contributed by atoms with Crippen molar-refractivity contribution in [3.63, 3.8) is 0 Å². The van der Waals surface area contributed by atoms with Crippen molar-refractivity contribution >= 4 is 47.0 Å². The van der Waals surface area contributed by atoms with Gasteiger partial charge in [-0.05, 0) is 43.8 Å². The van der Waals surface area contributed by atoms with Gasteiger partial charge in [0.25, 0.3) is 0 Å². The van der Waals surface area contributed by atoms with Crippen molar-refractivity contribution in [2.75, 3.05) is 24.5 Å². The van der Waals surface area contributed by atoms with Crippen molar-refractivity contribution in [1.82, 2.24) is 10.6 Å². The number of hydrogen-bond donors (Lipinski definition) is 2. The van der Waals surface area contributed by atoms with Crippen LogP contribution in [0.4, 0.5) is 5.69 Å². The molecule has 0 amide bonds. The van der Waals surface area contributed by atoms with Gasteiger partial charge in [0.15, 0.2) is 5.96 Å². The predicted octanol–water partition coefficient (Wildman–Crippen LogP) is 4.01. The van der Waals surface area contributed by atoms with Crippen molar-refractivity contribution in [3.8, 4) is 0 Å². The zero-order valence-electron chi connectivity index (χ0n) is 14.9. The predicted molar refractivity (Wildman–Crippen MR) is 119 cm³/mol. The van der Waals surface area contributed by atoms with Gasteiger partial charge in [0.1, 0.15) is 0 Å². The fourth-order valence-electron chi connectivity index (χ4n) is 2.94. The lowest BCUT2D eigenvalue weighted by Gasteiger charge is -2.20. The first-order valence-electron chi connectivity index (χ1n) is 8.63. The van der Waals surface area contributed by atoms with Crippen molar-refractivity contribution < 1.29 is 0 Å². The first kappa shape index (κ1) is 20.0. The maximum atomic E-state index is 4.72. The molecule has 25 heavy (non-hydrogen) atoms. The summed E-state index contributed by atoms with van der Waals surface area (Å²) >= 11 is 1.75. The van der Waals surface area contributed by atoms with Crippen molar-refractivity contribution in [2.24, 2.45) is 4.99 Å². The number of halogens is 1. The number of nitrogens with zero attached hydrogens (tertiary/aromatic N) is 2. The molecule has 0 radical (unpaired) electrons. The van der Waals surface area contributed by atoms with Crippen LogP contribution in [0.5, 0.6) is 0 Å². The molecule has 1 aliphatic heterocycles. The third kappa shape index (κ3) is 5.88. The molecule has 1 aromatic heterocycles. The molecule has 2 heterocycles. The summed E-state index contributed by atoms with van der Waals surface area (Å²) in [5.74, 6) is 0.918. The van der Waals surface area contributed by atoms with Crippen LogP contribution in [0.1, 0.15) is 23.8 Å². The quantitative estimate of drug-likeness (QED) is 0.394. The smallest absolute Gasteiger partial charge is 0.191 e. The van der Waals surface area contributed by atoms with E-state index < -0.39 is 0 Å². The topological polar surface area (TPSA) is 39.7 Å². The molecule has 0 bridgehead atoms. The van der Waals surface area contributed by atoms with Gasteiger partial charge in [0, 0.05) is 36.2 Å². The van der Waals surface area contributed by atoms with Crippen molar-refractivity contribution in [1.29, 1.82) is 0 Å². The number of nitrogens with one attached hydrogen (secondary N) is 2. The van der Waals surface area contributed by atoms with Crippen LogP contribution in [0.15, 0.2) is 46.8 Å². The normalized spacial score (nSPS) is 17.3. The summed E-state index contributed by atoms with van der Waals surface area (Å²) in [4.78, 5) is 8.45. The number of rotatable bonds is 5. The molecule has 4 nitrogen and oxygen atoms in total. The lowest BCUT2D eigenvalue weighted by Crippen LogP contribution is -2.44. The van der Waals surface area contributed by atoms with Gasteiger partial charge < -0.3 is 15.5 Å². The summed E-state index contributed by atoms with van der Waals surface area (Å²) in [7, 11) is 0. The highest BCUT2D eigenvalue weighted by atomic mass is 127. The highest BCUT2D eigenvalue weighted by Gasteiger charge is 2.23. The number of benzene rings is 1. The van der Waals surface area contributed by atoms with E-state index in [1.807, 2.05) is 0 Å². The summed E-state index contributed by atoms with van der Waals surface area (Å²) in [6.45, 7) is 7.96. The lowest BCUT2D eigenvalue weighted by molar-refractivity contribution is 0.649. The second-order valence-electron chi connectivity index (χ2n) is 6.19. The Kier molecular flexibility index (Phi) is 8.02. The SMILES string of the molecule is CCNC(=NCc1cccs1)NC1CCN(c2ccc(C)cc2)C1.I. The average molecular weight is 470 g/mol. The summed E-state index contributed by atoms with van der Waals surface area (Å²) in [6, 6.07) is 13.4. The van der Waals surface area contributed by atoms with Crippen LogP contribution in [-0.4, -0.2) is 31.6 Å². The van der Waals surface area contributed by atoms with Gasteiger partial charge in [-0.1, -0.05) is 23.8 Å². The minimum absolute atomic E-state index is 0. The Morgan fingerprint density at radius 3 is 2.76 bits per heavy atom. The van der Waals surface area contributed by atoms with Crippen LogP contribution in [0.25, 0.3) is 0 Å². The fraction of sp³-hybridized carbons (Fsp3) is 0.421. The number of anilines is 1. The number of thiophene rings is 1. The standard InChI is InChI=1S/C19H26N4S.HI/c1-3-20-19(21-13-18-5-4-12-24-18)22-16-10-11-23(14-16)17-8-6-15(2)7-9-17;/h4-9,12,16H,3,10-11,13-14H2,1-2H3,(H2,20,21,22);1H. The first-order valence-corrected chi connectivity index (χ1v) is 9.51. The summed E-state index contributed by atoms with van der Waals surface area (Å²) < 4.78 is 0. The van der Waals surface area contributed by atoms with E-state index >= 15 is 0 Å². The second kappa shape index (κ2) is 10.0. The van der Waals surface area contributed by atoms with E-state index in [0.29, 0.717) is 6.04 Å². The van der Waals surface area contributed by atoms with Crippen LogP contribution in [-0.2, 0) is 6.54 Å². The van der Waals surface area contributed by atoms with E-state index in [0.717, 1.165) is 38.6 Å². The molecule has 1 atom stereocenters. The monoisotopic (exact) mass is 470 g/mol. The molecular weight excluding hydrogens is 443 g/mol. The molecule has 0 aliphatic carbocycles. The molecule has 1 fully saturated rings. The van der Waals surface area contributed by atoms with E-state index in [1.165, 1.54) is 16.1 Å². The lowest BCUT2D eigenvalue weighted by atomic mass is 10.2. The van der Waals surface area contributed by atoms with Crippen LogP contribution in [0.3, 0.4) is 0 Å². The number of hydrogen-bond acceptors (Lipinski definition) is 3. The van der Waals surface area contributed by atoms with E-state index in [1.54, 1.807) is 11.3 Å². The Labute approximate surface area is 171 Å². The molecule has 1 unspecified atom stereocenters. The molecule has 136 valence electrons. The Morgan fingerprint density at radius 1 is 1.28 bits per heavy atom. The van der Waals surface area contributed by atoms with Gasteiger partial charge in [0.2, 0.25) is 0 Å². The summed E-state index contributed by atoms with van der Waals surface area (Å²) in [5.41, 5.74) is 2.62. The van der Waals surface area contributed by atoms with Crippen LogP contribution in [0, 0.1) is 6.92 Å². The maximum absolute atomic E-state index is 4.72. The molecule has 1 aromatic carbocycles. The zero-order chi connectivity index (χ0) is 16.8. The van der Waals surface area contributed by atoms with Crippen LogP contribution >= 0.6 is 35.3 Å². The van der Waals surface area contributed by atoms with Gasteiger partial charge >= 0.3 is 0 Å². The summed E-state index contributed by atoms with van der Waals surface area (Å²) in [5, 5.41) is 9.05.